The number of fused-ring (bicyclic) bond motifs is 2. The van der Waals surface area contributed by atoms with Crippen LogP contribution in [-0.2, 0) is 4.79 Å². The molecule has 0 saturated heterocycles. The number of aldehydes is 1. The van der Waals surface area contributed by atoms with Crippen molar-refractivity contribution < 1.29 is 4.79 Å². The lowest BCUT2D eigenvalue weighted by molar-refractivity contribution is -0.108. The third-order valence-electron chi connectivity index (χ3n) is 3.15. The van der Waals surface area contributed by atoms with Gasteiger partial charge in [0, 0.05) is 29.6 Å². The Bertz CT molecular complexity index is 629. The Labute approximate surface area is 116 Å². The van der Waals surface area contributed by atoms with E-state index in [0.717, 1.165) is 33.2 Å². The molecule has 0 radical (unpaired) electrons. The molecule has 3 rings (SSSR count). The summed E-state index contributed by atoms with van der Waals surface area (Å²) in [5.41, 5.74) is 3.11. The minimum atomic E-state index is -0.125. The number of thioether (sulfide) groups is 1. The number of benzene rings is 1. The van der Waals surface area contributed by atoms with Crippen molar-refractivity contribution in [3.8, 4) is 0 Å². The maximum Gasteiger partial charge on any atom is 0.130 e. The van der Waals surface area contributed by atoms with Gasteiger partial charge in [-0.05, 0) is 24.3 Å². The zero-order valence-electron chi connectivity index (χ0n) is 10.8. The van der Waals surface area contributed by atoms with E-state index < -0.39 is 0 Å². The molecule has 4 heteroatoms. The van der Waals surface area contributed by atoms with Crippen LogP contribution in [0.5, 0.6) is 0 Å². The molecule has 0 spiro atoms. The van der Waals surface area contributed by atoms with Crippen LogP contribution in [0.15, 0.2) is 51.2 Å². The molecule has 0 saturated carbocycles. The smallest absolute Gasteiger partial charge is 0.130 e. The Morgan fingerprint density at radius 2 is 2.21 bits per heavy atom. The van der Waals surface area contributed by atoms with E-state index in [1.165, 1.54) is 0 Å². The van der Waals surface area contributed by atoms with Gasteiger partial charge in [-0.2, -0.15) is 0 Å². The van der Waals surface area contributed by atoms with E-state index in [-0.39, 0.29) is 5.92 Å². The van der Waals surface area contributed by atoms with Gasteiger partial charge >= 0.3 is 0 Å². The summed E-state index contributed by atoms with van der Waals surface area (Å²) < 4.78 is 0. The van der Waals surface area contributed by atoms with Crippen molar-refractivity contribution in [3.63, 3.8) is 0 Å². The van der Waals surface area contributed by atoms with Gasteiger partial charge in [-0.1, -0.05) is 23.9 Å². The lowest BCUT2D eigenvalue weighted by Gasteiger charge is -2.21. The van der Waals surface area contributed by atoms with Gasteiger partial charge in [-0.15, -0.1) is 0 Å². The molecule has 0 fully saturated rings. The third-order valence-corrected chi connectivity index (χ3v) is 4.26. The Hall–Kier alpha value is -1.81. The highest BCUT2D eigenvalue weighted by molar-refractivity contribution is 8.04. The molecule has 1 aliphatic carbocycles. The molecular formula is C15H14N2OS. The van der Waals surface area contributed by atoms with Crippen LogP contribution in [0.3, 0.4) is 0 Å². The number of hydrogen-bond acceptors (Lipinski definition) is 4. The number of hydrogen-bond donors (Lipinski definition) is 0. The average Bonchev–Trinajstić information content (AvgIpc) is 2.43. The summed E-state index contributed by atoms with van der Waals surface area (Å²) >= 11 is 1.69. The molecule has 19 heavy (non-hydrogen) atoms. The standard InChI is InChI=1S/C15H14N2OS/c1-17(2)11-4-6-13-15(8-11)19-14-7-10(9-18)3-5-12(14)16-13/h3-10H,1-2H3. The number of aliphatic imine (C=N–C) groups is 1. The van der Waals surface area contributed by atoms with E-state index in [1.54, 1.807) is 11.8 Å². The van der Waals surface area contributed by atoms with E-state index in [1.807, 2.05) is 38.4 Å². The third kappa shape index (κ3) is 2.24. The Morgan fingerprint density at radius 1 is 1.37 bits per heavy atom. The number of rotatable bonds is 2. The van der Waals surface area contributed by atoms with Crippen LogP contribution < -0.4 is 4.90 Å². The molecule has 1 aliphatic heterocycles. The normalized spacial score (nSPS) is 20.0. The van der Waals surface area contributed by atoms with Gasteiger partial charge < -0.3 is 9.69 Å². The van der Waals surface area contributed by atoms with Crippen LogP contribution in [0.1, 0.15) is 0 Å². The fraction of sp³-hybridized carbons (Fsp3) is 0.200. The van der Waals surface area contributed by atoms with E-state index in [4.69, 9.17) is 0 Å². The van der Waals surface area contributed by atoms with Crippen LogP contribution in [0.4, 0.5) is 11.4 Å². The molecule has 0 aromatic heterocycles. The predicted octanol–water partition coefficient (Wildman–Crippen LogP) is 3.20. The number of anilines is 1. The first kappa shape index (κ1) is 12.2. The molecule has 1 aromatic rings. The monoisotopic (exact) mass is 270 g/mol. The van der Waals surface area contributed by atoms with E-state index in [0.29, 0.717) is 0 Å². The predicted molar refractivity (Wildman–Crippen MR) is 80.5 cm³/mol. The molecule has 1 aromatic carbocycles. The first-order chi connectivity index (χ1) is 9.17. The average molecular weight is 270 g/mol. The number of allylic oxidation sites excluding steroid dienone is 4. The molecule has 96 valence electrons. The van der Waals surface area contributed by atoms with Crippen molar-refractivity contribution in [3.05, 3.63) is 41.3 Å². The van der Waals surface area contributed by atoms with Gasteiger partial charge in [-0.3, -0.25) is 0 Å². The number of nitrogens with zero attached hydrogens (tertiary/aromatic N) is 2. The lowest BCUT2D eigenvalue weighted by Crippen LogP contribution is -2.11. The topological polar surface area (TPSA) is 32.7 Å². The second-order valence-corrected chi connectivity index (χ2v) is 5.83. The van der Waals surface area contributed by atoms with Crippen molar-refractivity contribution >= 4 is 35.1 Å². The summed E-state index contributed by atoms with van der Waals surface area (Å²) in [7, 11) is 4.05. The molecule has 1 atom stereocenters. The quantitative estimate of drug-likeness (QED) is 0.774. The maximum absolute atomic E-state index is 10.9. The van der Waals surface area contributed by atoms with Crippen molar-refractivity contribution in [2.75, 3.05) is 19.0 Å². The molecule has 0 amide bonds. The van der Waals surface area contributed by atoms with Gasteiger partial charge in [0.05, 0.1) is 17.3 Å². The van der Waals surface area contributed by atoms with Gasteiger partial charge in [0.2, 0.25) is 0 Å². The van der Waals surface area contributed by atoms with Gasteiger partial charge in [0.15, 0.2) is 0 Å². The molecule has 0 bridgehead atoms. The van der Waals surface area contributed by atoms with Crippen molar-refractivity contribution in [2.45, 2.75) is 4.90 Å². The van der Waals surface area contributed by atoms with Crippen LogP contribution >= 0.6 is 11.8 Å². The highest BCUT2D eigenvalue weighted by Crippen LogP contribution is 2.43. The van der Waals surface area contributed by atoms with Crippen molar-refractivity contribution in [1.29, 1.82) is 0 Å². The van der Waals surface area contributed by atoms with Gasteiger partial charge in [-0.25, -0.2) is 4.99 Å². The van der Waals surface area contributed by atoms with E-state index in [9.17, 15) is 4.79 Å². The molecular weight excluding hydrogens is 256 g/mol. The number of carbonyl (C=O) groups is 1. The molecule has 0 N–H and O–H groups in total. The van der Waals surface area contributed by atoms with Gasteiger partial charge in [0.25, 0.3) is 0 Å². The Kier molecular flexibility index (Phi) is 3.03. The molecule has 1 unspecified atom stereocenters. The zero-order chi connectivity index (χ0) is 13.4. The summed E-state index contributed by atoms with van der Waals surface area (Å²) in [4.78, 5) is 19.8. The molecule has 3 nitrogen and oxygen atoms in total. The largest absolute Gasteiger partial charge is 0.378 e. The van der Waals surface area contributed by atoms with Crippen molar-refractivity contribution in [2.24, 2.45) is 10.9 Å². The van der Waals surface area contributed by atoms with Crippen LogP contribution in [0.2, 0.25) is 0 Å². The van der Waals surface area contributed by atoms with Crippen LogP contribution in [0, 0.1) is 5.92 Å². The molecule has 2 aliphatic rings. The van der Waals surface area contributed by atoms with E-state index in [2.05, 4.69) is 22.0 Å². The summed E-state index contributed by atoms with van der Waals surface area (Å²) in [5.74, 6) is -0.125. The first-order valence-corrected chi connectivity index (χ1v) is 6.92. The summed E-state index contributed by atoms with van der Waals surface area (Å²) in [6, 6.07) is 6.25. The Balaban J connectivity index is 2.03. The fourth-order valence-electron chi connectivity index (χ4n) is 2.07. The summed E-state index contributed by atoms with van der Waals surface area (Å²) in [6.07, 6.45) is 6.74. The zero-order valence-corrected chi connectivity index (χ0v) is 11.6. The van der Waals surface area contributed by atoms with Crippen LogP contribution in [0.25, 0.3) is 0 Å². The van der Waals surface area contributed by atoms with Crippen LogP contribution in [-0.4, -0.2) is 26.1 Å². The minimum absolute atomic E-state index is 0.125. The SMILES string of the molecule is CN(C)c1ccc2c(c1)SC1=CC(C=O)C=CC1=N2. The molecule has 1 heterocycles. The highest BCUT2D eigenvalue weighted by Gasteiger charge is 2.20. The minimum Gasteiger partial charge on any atom is -0.378 e. The maximum atomic E-state index is 10.9. The number of carbonyl (C=O) groups excluding carboxylic acids is 1. The first-order valence-electron chi connectivity index (χ1n) is 6.11. The van der Waals surface area contributed by atoms with Gasteiger partial charge in [0.1, 0.15) is 6.29 Å². The lowest BCUT2D eigenvalue weighted by atomic mass is 10.0. The van der Waals surface area contributed by atoms with E-state index >= 15 is 0 Å². The van der Waals surface area contributed by atoms with Crippen molar-refractivity contribution in [1.82, 2.24) is 0 Å². The second kappa shape index (κ2) is 4.70. The Morgan fingerprint density at radius 3 is 2.95 bits per heavy atom. The summed E-state index contributed by atoms with van der Waals surface area (Å²) in [6.45, 7) is 0. The summed E-state index contributed by atoms with van der Waals surface area (Å²) in [5, 5.41) is 0. The highest BCUT2D eigenvalue weighted by atomic mass is 32.2. The fourth-order valence-corrected chi connectivity index (χ4v) is 3.15. The second-order valence-electron chi connectivity index (χ2n) is 4.75.